The van der Waals surface area contributed by atoms with Crippen LogP contribution in [0, 0.1) is 6.92 Å². The number of carbonyl (C=O) groups excluding carboxylic acids is 1. The Hall–Kier alpha value is -2.02. The fraction of sp³-hybridized carbons (Fsp3) is 0.455. The molecule has 0 saturated carbocycles. The zero-order chi connectivity index (χ0) is 13.5. The molecule has 2 N–H and O–H groups in total. The molecule has 0 saturated heterocycles. The minimum atomic E-state index is -0.980. The highest BCUT2D eigenvalue weighted by molar-refractivity contribution is 5.91. The summed E-state index contributed by atoms with van der Waals surface area (Å²) < 4.78 is 4.93. The third-order valence-corrected chi connectivity index (χ3v) is 2.24. The highest BCUT2D eigenvalue weighted by atomic mass is 16.5. The molecule has 0 aromatic carbocycles. The van der Waals surface area contributed by atoms with E-state index >= 15 is 0 Å². The largest absolute Gasteiger partial charge is 0.481 e. The molecule has 1 aromatic rings. The SMILES string of the molecule is COC(CNC(=O)c1cnc(C)cn1)CC(=O)O. The van der Waals surface area contributed by atoms with E-state index in [1.807, 2.05) is 0 Å². The molecule has 0 aliphatic heterocycles. The number of hydrogen-bond acceptors (Lipinski definition) is 5. The van der Waals surface area contributed by atoms with Crippen LogP contribution in [0.25, 0.3) is 0 Å². The zero-order valence-electron chi connectivity index (χ0n) is 10.2. The Labute approximate surface area is 104 Å². The molecule has 0 aliphatic rings. The number of carboxylic acids is 1. The van der Waals surface area contributed by atoms with Crippen molar-refractivity contribution in [2.45, 2.75) is 19.4 Å². The number of aliphatic carboxylic acids is 1. The summed E-state index contributed by atoms with van der Waals surface area (Å²) >= 11 is 0. The third kappa shape index (κ3) is 4.46. The molecule has 98 valence electrons. The van der Waals surface area contributed by atoms with Crippen LogP contribution in [0.5, 0.6) is 0 Å². The number of hydrogen-bond donors (Lipinski definition) is 2. The number of nitrogens with one attached hydrogen (secondary N) is 1. The summed E-state index contributed by atoms with van der Waals surface area (Å²) in [5.74, 6) is -1.39. The van der Waals surface area contributed by atoms with Gasteiger partial charge in [-0.1, -0.05) is 0 Å². The van der Waals surface area contributed by atoms with Crippen molar-refractivity contribution in [2.75, 3.05) is 13.7 Å². The molecule has 0 radical (unpaired) electrons. The van der Waals surface area contributed by atoms with Gasteiger partial charge in [-0.25, -0.2) is 4.98 Å². The van der Waals surface area contributed by atoms with E-state index in [0.717, 1.165) is 0 Å². The lowest BCUT2D eigenvalue weighted by Gasteiger charge is -2.13. The van der Waals surface area contributed by atoms with Gasteiger partial charge in [0.05, 0.1) is 24.4 Å². The lowest BCUT2D eigenvalue weighted by molar-refractivity contribution is -0.139. The van der Waals surface area contributed by atoms with Crippen molar-refractivity contribution in [1.29, 1.82) is 0 Å². The van der Waals surface area contributed by atoms with Gasteiger partial charge >= 0.3 is 5.97 Å². The molecule has 1 aromatic heterocycles. The molecule has 7 heteroatoms. The number of aryl methyl sites for hydroxylation is 1. The van der Waals surface area contributed by atoms with Crippen LogP contribution in [0.2, 0.25) is 0 Å². The third-order valence-electron chi connectivity index (χ3n) is 2.24. The highest BCUT2D eigenvalue weighted by Gasteiger charge is 2.14. The van der Waals surface area contributed by atoms with Gasteiger partial charge < -0.3 is 15.2 Å². The van der Waals surface area contributed by atoms with E-state index in [1.165, 1.54) is 19.5 Å². The zero-order valence-corrected chi connectivity index (χ0v) is 10.2. The lowest BCUT2D eigenvalue weighted by Crippen LogP contribution is -2.34. The number of carboxylic acid groups (broad SMARTS) is 1. The van der Waals surface area contributed by atoms with Gasteiger partial charge in [0.25, 0.3) is 5.91 Å². The summed E-state index contributed by atoms with van der Waals surface area (Å²) in [6.07, 6.45) is 2.12. The van der Waals surface area contributed by atoms with E-state index in [9.17, 15) is 9.59 Å². The summed E-state index contributed by atoms with van der Waals surface area (Å²) in [6, 6.07) is 0. The first-order valence-corrected chi connectivity index (χ1v) is 5.34. The monoisotopic (exact) mass is 253 g/mol. The van der Waals surface area contributed by atoms with E-state index < -0.39 is 18.0 Å². The van der Waals surface area contributed by atoms with E-state index in [1.54, 1.807) is 6.92 Å². The fourth-order valence-corrected chi connectivity index (χ4v) is 1.24. The molecule has 1 unspecified atom stereocenters. The average molecular weight is 253 g/mol. The van der Waals surface area contributed by atoms with Crippen LogP contribution in [0.3, 0.4) is 0 Å². The predicted molar refractivity (Wildman–Crippen MR) is 62.2 cm³/mol. The normalized spacial score (nSPS) is 11.9. The Morgan fingerprint density at radius 3 is 2.67 bits per heavy atom. The number of nitrogens with zero attached hydrogens (tertiary/aromatic N) is 2. The quantitative estimate of drug-likeness (QED) is 0.740. The number of ether oxygens (including phenoxy) is 1. The summed E-state index contributed by atoms with van der Waals surface area (Å²) in [5.41, 5.74) is 0.901. The summed E-state index contributed by atoms with van der Waals surface area (Å²) in [4.78, 5) is 30.0. The summed E-state index contributed by atoms with van der Waals surface area (Å²) in [6.45, 7) is 1.87. The summed E-state index contributed by atoms with van der Waals surface area (Å²) in [5, 5.41) is 11.2. The van der Waals surface area contributed by atoms with Gasteiger partial charge in [0.15, 0.2) is 0 Å². The molecular weight excluding hydrogens is 238 g/mol. The van der Waals surface area contributed by atoms with E-state index in [0.29, 0.717) is 5.69 Å². The Bertz CT molecular complexity index is 419. The first-order valence-electron chi connectivity index (χ1n) is 5.34. The molecule has 0 aliphatic carbocycles. The molecule has 0 bridgehead atoms. The second-order valence-electron chi connectivity index (χ2n) is 3.71. The van der Waals surface area contributed by atoms with Gasteiger partial charge in [0.1, 0.15) is 5.69 Å². The number of methoxy groups -OCH3 is 1. The molecule has 1 heterocycles. The van der Waals surface area contributed by atoms with E-state index in [4.69, 9.17) is 9.84 Å². The van der Waals surface area contributed by atoms with Crippen molar-refractivity contribution in [3.05, 3.63) is 23.8 Å². The maximum absolute atomic E-state index is 11.6. The van der Waals surface area contributed by atoms with Crippen molar-refractivity contribution < 1.29 is 19.4 Å². The van der Waals surface area contributed by atoms with Crippen molar-refractivity contribution in [1.82, 2.24) is 15.3 Å². The minimum absolute atomic E-state index is 0.108. The van der Waals surface area contributed by atoms with Crippen molar-refractivity contribution in [3.63, 3.8) is 0 Å². The van der Waals surface area contributed by atoms with Gasteiger partial charge in [-0.3, -0.25) is 14.6 Å². The van der Waals surface area contributed by atoms with Crippen molar-refractivity contribution >= 4 is 11.9 Å². The van der Waals surface area contributed by atoms with E-state index in [-0.39, 0.29) is 18.7 Å². The number of aromatic nitrogens is 2. The maximum atomic E-state index is 11.6. The van der Waals surface area contributed by atoms with Crippen molar-refractivity contribution in [3.8, 4) is 0 Å². The lowest BCUT2D eigenvalue weighted by atomic mass is 10.2. The Kier molecular flexibility index (Phi) is 5.19. The van der Waals surface area contributed by atoms with Gasteiger partial charge in [-0.05, 0) is 6.92 Å². The van der Waals surface area contributed by atoms with E-state index in [2.05, 4.69) is 15.3 Å². The van der Waals surface area contributed by atoms with Crippen LogP contribution in [0.15, 0.2) is 12.4 Å². The number of carbonyl (C=O) groups is 2. The van der Waals surface area contributed by atoms with Crippen molar-refractivity contribution in [2.24, 2.45) is 0 Å². The Morgan fingerprint density at radius 1 is 1.44 bits per heavy atom. The predicted octanol–water partition coefficient (Wildman–Crippen LogP) is 0.00452. The molecule has 1 rings (SSSR count). The number of amides is 1. The topological polar surface area (TPSA) is 101 Å². The standard InChI is InChI=1S/C11H15N3O4/c1-7-4-13-9(6-12-7)11(17)14-5-8(18-2)3-10(15)16/h4,6,8H,3,5H2,1-2H3,(H,14,17)(H,15,16). The molecule has 1 atom stereocenters. The molecular formula is C11H15N3O4. The average Bonchev–Trinajstić information content (AvgIpc) is 2.34. The van der Waals surface area contributed by atoms with Gasteiger partial charge in [-0.15, -0.1) is 0 Å². The smallest absolute Gasteiger partial charge is 0.306 e. The highest BCUT2D eigenvalue weighted by Crippen LogP contribution is 1.98. The van der Waals surface area contributed by atoms with Gasteiger partial charge in [0, 0.05) is 19.9 Å². The van der Waals surface area contributed by atoms with Crippen LogP contribution < -0.4 is 5.32 Å². The second kappa shape index (κ2) is 6.65. The molecule has 0 spiro atoms. The first-order chi connectivity index (χ1) is 8.52. The first kappa shape index (κ1) is 14.0. The molecule has 1 amide bonds. The second-order valence-corrected chi connectivity index (χ2v) is 3.71. The van der Waals surface area contributed by atoms with Crippen LogP contribution in [-0.2, 0) is 9.53 Å². The fourth-order valence-electron chi connectivity index (χ4n) is 1.24. The van der Waals surface area contributed by atoms with Crippen LogP contribution in [0.1, 0.15) is 22.6 Å². The molecule has 7 nitrogen and oxygen atoms in total. The van der Waals surface area contributed by atoms with Crippen LogP contribution in [-0.4, -0.2) is 46.7 Å². The van der Waals surface area contributed by atoms with Gasteiger partial charge in [-0.2, -0.15) is 0 Å². The van der Waals surface area contributed by atoms with Crippen LogP contribution >= 0.6 is 0 Å². The minimum Gasteiger partial charge on any atom is -0.481 e. The Balaban J connectivity index is 2.49. The molecule has 0 fully saturated rings. The summed E-state index contributed by atoms with van der Waals surface area (Å²) in [7, 11) is 1.39. The van der Waals surface area contributed by atoms with Crippen LogP contribution in [0.4, 0.5) is 0 Å². The Morgan fingerprint density at radius 2 is 2.17 bits per heavy atom. The number of rotatable bonds is 6. The van der Waals surface area contributed by atoms with Gasteiger partial charge in [0.2, 0.25) is 0 Å². The maximum Gasteiger partial charge on any atom is 0.306 e. The molecule has 18 heavy (non-hydrogen) atoms.